The summed E-state index contributed by atoms with van der Waals surface area (Å²) in [6, 6.07) is 8.20. The number of nitrogens with one attached hydrogen (secondary N) is 1. The number of esters is 1. The number of hydrogen-bond donors (Lipinski definition) is 1. The molecule has 1 atom stereocenters. The van der Waals surface area contributed by atoms with E-state index in [1.165, 1.54) is 11.6 Å². The lowest BCUT2D eigenvalue weighted by atomic mass is 10.2. The first kappa shape index (κ1) is 20.6. The van der Waals surface area contributed by atoms with Crippen LogP contribution in [0.5, 0.6) is 0 Å². The molecule has 0 radical (unpaired) electrons. The zero-order valence-corrected chi connectivity index (χ0v) is 16.5. The molecule has 0 fully saturated rings. The molecule has 2 aromatic rings. The molecule has 1 amide bonds. The van der Waals surface area contributed by atoms with Crippen LogP contribution in [0.3, 0.4) is 0 Å². The molecule has 2 rings (SSSR count). The van der Waals surface area contributed by atoms with Crippen molar-refractivity contribution in [3.63, 3.8) is 0 Å². The van der Waals surface area contributed by atoms with Crippen molar-refractivity contribution in [2.24, 2.45) is 0 Å². The van der Waals surface area contributed by atoms with E-state index in [1.807, 2.05) is 0 Å². The lowest BCUT2D eigenvalue weighted by molar-refractivity contribution is -0.115. The smallest absolute Gasteiger partial charge is 0.358 e. The van der Waals surface area contributed by atoms with Crippen LogP contribution in [0.1, 0.15) is 38.2 Å². The largest absolute Gasteiger partial charge is 0.461 e. The fourth-order valence-electron chi connectivity index (χ4n) is 2.28. The number of amides is 1. The molecule has 0 spiro atoms. The maximum atomic E-state index is 12.2. The highest BCUT2D eigenvalue weighted by atomic mass is 32.2. The Labute approximate surface area is 158 Å². The number of carbonyl (C=O) groups excluding carboxylic acids is 2. The van der Waals surface area contributed by atoms with Crippen LogP contribution in [0.25, 0.3) is 5.69 Å². The van der Waals surface area contributed by atoms with Gasteiger partial charge < -0.3 is 10.1 Å². The summed E-state index contributed by atoms with van der Waals surface area (Å²) in [5.41, 5.74) is 1.33. The Morgan fingerprint density at radius 3 is 2.33 bits per heavy atom. The van der Waals surface area contributed by atoms with Crippen molar-refractivity contribution in [1.29, 1.82) is 0 Å². The number of carbonyl (C=O) groups is 2. The Kier molecular flexibility index (Phi) is 6.37. The molecule has 1 aromatic carbocycles. The van der Waals surface area contributed by atoms with E-state index < -0.39 is 32.2 Å². The molecule has 27 heavy (non-hydrogen) atoms. The lowest BCUT2D eigenvalue weighted by Crippen LogP contribution is -2.36. The SMILES string of the molecule is CCOC(=O)c1ccn(-c2ccc(NC(=O)C(C)S(=O)(=O)C(C)C)cc2)n1. The number of benzene rings is 1. The summed E-state index contributed by atoms with van der Waals surface area (Å²) in [4.78, 5) is 23.9. The van der Waals surface area contributed by atoms with Crippen LogP contribution in [0.15, 0.2) is 36.5 Å². The number of hydrogen-bond acceptors (Lipinski definition) is 6. The molecule has 1 N–H and O–H groups in total. The van der Waals surface area contributed by atoms with Gasteiger partial charge in [0.05, 0.1) is 17.5 Å². The molecule has 1 heterocycles. The van der Waals surface area contributed by atoms with Gasteiger partial charge in [-0.3, -0.25) is 4.79 Å². The van der Waals surface area contributed by atoms with E-state index >= 15 is 0 Å². The average molecular weight is 393 g/mol. The summed E-state index contributed by atoms with van der Waals surface area (Å²) < 4.78 is 30.6. The second kappa shape index (κ2) is 8.34. The van der Waals surface area contributed by atoms with Gasteiger partial charge in [0.25, 0.3) is 0 Å². The summed E-state index contributed by atoms with van der Waals surface area (Å²) in [5.74, 6) is -1.08. The van der Waals surface area contributed by atoms with Crippen LogP contribution >= 0.6 is 0 Å². The minimum Gasteiger partial charge on any atom is -0.461 e. The van der Waals surface area contributed by atoms with Crippen molar-refractivity contribution in [1.82, 2.24) is 9.78 Å². The van der Waals surface area contributed by atoms with E-state index in [0.717, 1.165) is 0 Å². The Balaban J connectivity index is 2.09. The Morgan fingerprint density at radius 2 is 1.78 bits per heavy atom. The van der Waals surface area contributed by atoms with Crippen LogP contribution in [0, 0.1) is 0 Å². The molecular weight excluding hydrogens is 370 g/mol. The van der Waals surface area contributed by atoms with Crippen LogP contribution in [-0.2, 0) is 19.4 Å². The minimum atomic E-state index is -3.53. The number of sulfone groups is 1. The Hall–Kier alpha value is -2.68. The van der Waals surface area contributed by atoms with Gasteiger partial charge in [0.2, 0.25) is 5.91 Å². The normalized spacial score (nSPS) is 12.6. The number of rotatable bonds is 7. The highest BCUT2D eigenvalue weighted by Gasteiger charge is 2.30. The van der Waals surface area contributed by atoms with E-state index in [4.69, 9.17) is 4.74 Å². The van der Waals surface area contributed by atoms with Crippen molar-refractivity contribution >= 4 is 27.4 Å². The summed E-state index contributed by atoms with van der Waals surface area (Å²) in [7, 11) is -3.53. The van der Waals surface area contributed by atoms with Crippen molar-refractivity contribution in [3.05, 3.63) is 42.2 Å². The summed E-state index contributed by atoms with van der Waals surface area (Å²) in [5, 5.41) is 4.97. The third-order valence-corrected chi connectivity index (χ3v) is 6.51. The predicted octanol–water partition coefficient (Wildman–Crippen LogP) is 2.20. The fraction of sp³-hybridized carbons (Fsp3) is 0.389. The molecule has 0 aliphatic heterocycles. The van der Waals surface area contributed by atoms with Crippen LogP contribution < -0.4 is 5.32 Å². The van der Waals surface area contributed by atoms with Crippen molar-refractivity contribution in [2.75, 3.05) is 11.9 Å². The predicted molar refractivity (Wildman–Crippen MR) is 102 cm³/mol. The molecular formula is C18H23N3O5S. The molecule has 9 heteroatoms. The second-order valence-electron chi connectivity index (χ2n) is 6.18. The Morgan fingerprint density at radius 1 is 1.15 bits per heavy atom. The standard InChI is InChI=1S/C18H23N3O5S/c1-5-26-18(23)16-10-11-21(20-16)15-8-6-14(7-9-15)19-17(22)13(4)27(24,25)12(2)3/h6-13H,5H2,1-4H3,(H,19,22). The average Bonchev–Trinajstić information content (AvgIpc) is 3.12. The molecule has 0 aliphatic carbocycles. The van der Waals surface area contributed by atoms with Gasteiger partial charge in [0, 0.05) is 11.9 Å². The van der Waals surface area contributed by atoms with Gasteiger partial charge in [-0.15, -0.1) is 0 Å². The molecule has 0 saturated heterocycles. The second-order valence-corrected chi connectivity index (χ2v) is 9.01. The highest BCUT2D eigenvalue weighted by Crippen LogP contribution is 2.16. The molecule has 1 unspecified atom stereocenters. The summed E-state index contributed by atoms with van der Waals surface area (Å²) in [6.45, 7) is 6.45. The first-order valence-electron chi connectivity index (χ1n) is 8.53. The quantitative estimate of drug-likeness (QED) is 0.723. The van der Waals surface area contributed by atoms with Crippen LogP contribution in [0.2, 0.25) is 0 Å². The van der Waals surface area contributed by atoms with E-state index in [0.29, 0.717) is 11.4 Å². The van der Waals surface area contributed by atoms with E-state index in [-0.39, 0.29) is 12.3 Å². The first-order chi connectivity index (χ1) is 12.7. The van der Waals surface area contributed by atoms with Gasteiger partial charge in [-0.25, -0.2) is 17.9 Å². The van der Waals surface area contributed by atoms with Gasteiger partial charge in [-0.1, -0.05) is 0 Å². The number of aromatic nitrogens is 2. The molecule has 0 saturated carbocycles. The maximum absolute atomic E-state index is 12.2. The summed E-state index contributed by atoms with van der Waals surface area (Å²) >= 11 is 0. The lowest BCUT2D eigenvalue weighted by Gasteiger charge is -2.15. The van der Waals surface area contributed by atoms with Crippen molar-refractivity contribution in [2.45, 2.75) is 38.2 Å². The first-order valence-corrected chi connectivity index (χ1v) is 10.1. The molecule has 8 nitrogen and oxygen atoms in total. The number of anilines is 1. The van der Waals surface area contributed by atoms with Gasteiger partial charge in [0.1, 0.15) is 5.25 Å². The number of nitrogens with zero attached hydrogens (tertiary/aromatic N) is 2. The zero-order chi connectivity index (χ0) is 20.2. The summed E-state index contributed by atoms with van der Waals surface area (Å²) in [6.07, 6.45) is 1.62. The Bertz CT molecular complexity index is 917. The monoisotopic (exact) mass is 393 g/mol. The van der Waals surface area contributed by atoms with Crippen LogP contribution in [-0.4, -0.2) is 47.2 Å². The van der Waals surface area contributed by atoms with Gasteiger partial charge in [0.15, 0.2) is 15.5 Å². The number of ether oxygens (including phenoxy) is 1. The molecule has 0 aliphatic rings. The third kappa shape index (κ3) is 4.73. The molecule has 1 aromatic heterocycles. The van der Waals surface area contributed by atoms with Crippen LogP contribution in [0.4, 0.5) is 5.69 Å². The topological polar surface area (TPSA) is 107 Å². The van der Waals surface area contributed by atoms with E-state index in [1.54, 1.807) is 57.3 Å². The van der Waals surface area contributed by atoms with E-state index in [9.17, 15) is 18.0 Å². The molecule has 146 valence electrons. The zero-order valence-electron chi connectivity index (χ0n) is 15.7. The van der Waals surface area contributed by atoms with Gasteiger partial charge in [-0.05, 0) is 58.0 Å². The van der Waals surface area contributed by atoms with Gasteiger partial charge >= 0.3 is 5.97 Å². The van der Waals surface area contributed by atoms with E-state index in [2.05, 4.69) is 10.4 Å². The minimum absolute atomic E-state index is 0.196. The third-order valence-electron chi connectivity index (χ3n) is 3.99. The van der Waals surface area contributed by atoms with Gasteiger partial charge in [-0.2, -0.15) is 5.10 Å². The maximum Gasteiger partial charge on any atom is 0.358 e. The highest BCUT2D eigenvalue weighted by molar-refractivity contribution is 7.93. The van der Waals surface area contributed by atoms with Crippen molar-refractivity contribution in [3.8, 4) is 5.69 Å². The molecule has 0 bridgehead atoms. The fourth-order valence-corrected chi connectivity index (χ4v) is 3.45. The van der Waals surface area contributed by atoms with Crippen molar-refractivity contribution < 1.29 is 22.7 Å².